The van der Waals surface area contributed by atoms with Crippen molar-refractivity contribution < 1.29 is 0 Å². The molecule has 1 aromatic heterocycles. The van der Waals surface area contributed by atoms with E-state index >= 15 is 0 Å². The van der Waals surface area contributed by atoms with Crippen LogP contribution in [0.2, 0.25) is 0 Å². The Balaban J connectivity index is 1.62. The van der Waals surface area contributed by atoms with Crippen LogP contribution in [0.15, 0.2) is 18.3 Å². The molecule has 1 saturated heterocycles. The lowest BCUT2D eigenvalue weighted by molar-refractivity contribution is 0.337. The number of nitrogen functional groups attached to an aromatic ring is 1. The van der Waals surface area contributed by atoms with E-state index in [1.807, 2.05) is 12.1 Å². The van der Waals surface area contributed by atoms with Gasteiger partial charge in [0.05, 0.1) is 11.9 Å². The molecule has 0 spiro atoms. The second-order valence-corrected chi connectivity index (χ2v) is 4.31. The van der Waals surface area contributed by atoms with Gasteiger partial charge in [-0.15, -0.1) is 0 Å². The van der Waals surface area contributed by atoms with Crippen molar-refractivity contribution in [1.29, 1.82) is 0 Å². The molecule has 1 aliphatic heterocycles. The van der Waals surface area contributed by atoms with Crippen molar-refractivity contribution in [3.8, 4) is 0 Å². The Labute approximate surface area is 96.8 Å². The monoisotopic (exact) mass is 220 g/mol. The molecule has 0 bridgehead atoms. The minimum absolute atomic E-state index is 0.711. The molecule has 1 aromatic rings. The molecule has 0 aromatic carbocycles. The molecule has 0 saturated carbocycles. The third-order valence-corrected chi connectivity index (χ3v) is 2.94. The average Bonchev–Trinajstić information content (AvgIpc) is 2.80. The van der Waals surface area contributed by atoms with Crippen LogP contribution in [0.1, 0.15) is 19.3 Å². The van der Waals surface area contributed by atoms with Crippen molar-refractivity contribution in [1.82, 2.24) is 9.88 Å². The van der Waals surface area contributed by atoms with Gasteiger partial charge < -0.3 is 16.0 Å². The third kappa shape index (κ3) is 3.38. The Kier molecular flexibility index (Phi) is 3.99. The van der Waals surface area contributed by atoms with Gasteiger partial charge in [0.2, 0.25) is 0 Å². The van der Waals surface area contributed by atoms with Crippen LogP contribution in [0.25, 0.3) is 0 Å². The van der Waals surface area contributed by atoms with E-state index < -0.39 is 0 Å². The van der Waals surface area contributed by atoms with Gasteiger partial charge >= 0.3 is 0 Å². The van der Waals surface area contributed by atoms with Gasteiger partial charge in [-0.05, 0) is 51.0 Å². The lowest BCUT2D eigenvalue weighted by Crippen LogP contribution is -2.22. The molecular weight excluding hydrogens is 200 g/mol. The van der Waals surface area contributed by atoms with Crippen molar-refractivity contribution in [3.63, 3.8) is 0 Å². The molecule has 0 atom stereocenters. The number of nitrogens with two attached hydrogens (primary N) is 1. The fourth-order valence-electron chi connectivity index (χ4n) is 2.04. The minimum Gasteiger partial charge on any atom is -0.397 e. The second kappa shape index (κ2) is 5.70. The number of pyridine rings is 1. The van der Waals surface area contributed by atoms with Gasteiger partial charge in [-0.2, -0.15) is 0 Å². The molecule has 1 fully saturated rings. The highest BCUT2D eigenvalue weighted by Gasteiger charge is 2.09. The Morgan fingerprint density at radius 3 is 2.81 bits per heavy atom. The zero-order valence-corrected chi connectivity index (χ0v) is 9.65. The van der Waals surface area contributed by atoms with E-state index in [9.17, 15) is 0 Å². The van der Waals surface area contributed by atoms with Crippen LogP contribution in [0.5, 0.6) is 0 Å². The number of aromatic nitrogens is 1. The van der Waals surface area contributed by atoms with Crippen LogP contribution >= 0.6 is 0 Å². The SMILES string of the molecule is Nc1ccc(NCCCN2CCCC2)nc1. The highest BCUT2D eigenvalue weighted by molar-refractivity contribution is 5.43. The number of hydrogen-bond donors (Lipinski definition) is 2. The molecule has 3 N–H and O–H groups in total. The fraction of sp³-hybridized carbons (Fsp3) is 0.583. The molecular formula is C12H20N4. The van der Waals surface area contributed by atoms with Gasteiger partial charge in [-0.3, -0.25) is 0 Å². The van der Waals surface area contributed by atoms with Crippen LogP contribution in [0.4, 0.5) is 11.5 Å². The van der Waals surface area contributed by atoms with Crippen LogP contribution in [0.3, 0.4) is 0 Å². The predicted molar refractivity (Wildman–Crippen MR) is 67.4 cm³/mol. The summed E-state index contributed by atoms with van der Waals surface area (Å²) in [5, 5.41) is 3.30. The summed E-state index contributed by atoms with van der Waals surface area (Å²) in [6.45, 7) is 4.73. The summed E-state index contributed by atoms with van der Waals surface area (Å²) in [5.74, 6) is 0.913. The third-order valence-electron chi connectivity index (χ3n) is 2.94. The van der Waals surface area contributed by atoms with Gasteiger partial charge in [0, 0.05) is 6.54 Å². The van der Waals surface area contributed by atoms with E-state index in [0.717, 1.165) is 12.4 Å². The molecule has 0 amide bonds. The maximum absolute atomic E-state index is 5.57. The van der Waals surface area contributed by atoms with Gasteiger partial charge in [0.25, 0.3) is 0 Å². The van der Waals surface area contributed by atoms with E-state index in [4.69, 9.17) is 5.73 Å². The van der Waals surface area contributed by atoms with Crippen molar-refractivity contribution in [2.75, 3.05) is 37.2 Å². The normalized spacial score (nSPS) is 16.5. The first kappa shape index (κ1) is 11.2. The highest BCUT2D eigenvalue weighted by Crippen LogP contribution is 2.08. The largest absolute Gasteiger partial charge is 0.397 e. The van der Waals surface area contributed by atoms with Gasteiger partial charge in [0.1, 0.15) is 5.82 Å². The first-order valence-electron chi connectivity index (χ1n) is 6.02. The maximum atomic E-state index is 5.57. The quantitative estimate of drug-likeness (QED) is 0.739. The lowest BCUT2D eigenvalue weighted by Gasteiger charge is -2.14. The van der Waals surface area contributed by atoms with E-state index in [1.54, 1.807) is 6.20 Å². The smallest absolute Gasteiger partial charge is 0.126 e. The number of nitrogens with zero attached hydrogens (tertiary/aromatic N) is 2. The molecule has 1 aliphatic rings. The van der Waals surface area contributed by atoms with Gasteiger partial charge in [-0.1, -0.05) is 0 Å². The van der Waals surface area contributed by atoms with Crippen LogP contribution in [-0.2, 0) is 0 Å². The summed E-state index contributed by atoms with van der Waals surface area (Å²) in [4.78, 5) is 6.72. The summed E-state index contributed by atoms with van der Waals surface area (Å²) in [6.07, 6.45) is 5.59. The van der Waals surface area contributed by atoms with Crippen LogP contribution < -0.4 is 11.1 Å². The van der Waals surface area contributed by atoms with E-state index in [1.165, 1.54) is 38.9 Å². The van der Waals surface area contributed by atoms with E-state index in [-0.39, 0.29) is 0 Å². The first-order valence-corrected chi connectivity index (χ1v) is 6.02. The van der Waals surface area contributed by atoms with Crippen molar-refractivity contribution >= 4 is 11.5 Å². The zero-order chi connectivity index (χ0) is 11.2. The van der Waals surface area contributed by atoms with Crippen LogP contribution in [0, 0.1) is 0 Å². The molecule has 4 heteroatoms. The Hall–Kier alpha value is -1.29. The summed E-state index contributed by atoms with van der Waals surface area (Å²) in [7, 11) is 0. The number of nitrogens with one attached hydrogen (secondary N) is 1. The Bertz CT molecular complexity index is 303. The second-order valence-electron chi connectivity index (χ2n) is 4.31. The van der Waals surface area contributed by atoms with Crippen molar-refractivity contribution in [2.24, 2.45) is 0 Å². The summed E-state index contributed by atoms with van der Waals surface area (Å²) < 4.78 is 0. The number of anilines is 2. The Morgan fingerprint density at radius 1 is 1.31 bits per heavy atom. The number of hydrogen-bond acceptors (Lipinski definition) is 4. The molecule has 0 unspecified atom stereocenters. The zero-order valence-electron chi connectivity index (χ0n) is 9.65. The van der Waals surface area contributed by atoms with Crippen LogP contribution in [-0.4, -0.2) is 36.1 Å². The predicted octanol–water partition coefficient (Wildman–Crippen LogP) is 1.56. The molecule has 88 valence electrons. The highest BCUT2D eigenvalue weighted by atomic mass is 15.1. The minimum atomic E-state index is 0.711. The molecule has 2 heterocycles. The van der Waals surface area contributed by atoms with E-state index in [2.05, 4.69) is 15.2 Å². The average molecular weight is 220 g/mol. The van der Waals surface area contributed by atoms with Crippen molar-refractivity contribution in [3.05, 3.63) is 18.3 Å². The fourth-order valence-corrected chi connectivity index (χ4v) is 2.04. The molecule has 2 rings (SSSR count). The molecule has 16 heavy (non-hydrogen) atoms. The molecule has 4 nitrogen and oxygen atoms in total. The van der Waals surface area contributed by atoms with Crippen molar-refractivity contribution in [2.45, 2.75) is 19.3 Å². The molecule has 0 radical (unpaired) electrons. The Morgan fingerprint density at radius 2 is 2.12 bits per heavy atom. The van der Waals surface area contributed by atoms with E-state index in [0.29, 0.717) is 5.69 Å². The lowest BCUT2D eigenvalue weighted by atomic mass is 10.3. The summed E-state index contributed by atoms with van der Waals surface area (Å²) >= 11 is 0. The summed E-state index contributed by atoms with van der Waals surface area (Å²) in [6, 6.07) is 3.79. The first-order chi connectivity index (χ1) is 7.84. The maximum Gasteiger partial charge on any atom is 0.126 e. The topological polar surface area (TPSA) is 54.2 Å². The number of rotatable bonds is 5. The van der Waals surface area contributed by atoms with Gasteiger partial charge in [0.15, 0.2) is 0 Å². The molecule has 0 aliphatic carbocycles. The van der Waals surface area contributed by atoms with Gasteiger partial charge in [-0.25, -0.2) is 4.98 Å². The standard InChI is InChI=1S/C12H20N4/c13-11-4-5-12(15-10-11)14-6-3-9-16-7-1-2-8-16/h4-5,10H,1-3,6-9,13H2,(H,14,15). The summed E-state index contributed by atoms with van der Waals surface area (Å²) in [5.41, 5.74) is 6.28. The number of likely N-dealkylation sites (tertiary alicyclic amines) is 1.